The largest absolute Gasteiger partial charge is 0.330 e. The Labute approximate surface area is 92.4 Å². The average molecular weight is 232 g/mol. The summed E-state index contributed by atoms with van der Waals surface area (Å²) in [6, 6.07) is 0.805. The average Bonchev–Trinajstić information content (AvgIpc) is 2.24. The van der Waals surface area contributed by atoms with Crippen LogP contribution in [0.3, 0.4) is 0 Å². The lowest BCUT2D eigenvalue weighted by atomic mass is 10.0. The standard InChI is InChI=1S/C11H15F3N2/c12-7-4-5-8(13)11(14)10(7)9(16)3-1-2-6-15/h4-5,9H,1-3,6,15-16H2/t9-/m0/s1. The molecule has 0 radical (unpaired) electrons. The smallest absolute Gasteiger partial charge is 0.166 e. The van der Waals surface area contributed by atoms with E-state index in [2.05, 4.69) is 0 Å². The topological polar surface area (TPSA) is 52.0 Å². The Morgan fingerprint density at radius 1 is 1.06 bits per heavy atom. The molecule has 0 heterocycles. The summed E-state index contributed by atoms with van der Waals surface area (Å²) in [5, 5.41) is 0. The molecule has 0 unspecified atom stereocenters. The highest BCUT2D eigenvalue weighted by molar-refractivity contribution is 5.24. The van der Waals surface area contributed by atoms with Gasteiger partial charge in [-0.1, -0.05) is 6.42 Å². The van der Waals surface area contributed by atoms with Gasteiger partial charge in [0.25, 0.3) is 0 Å². The zero-order chi connectivity index (χ0) is 12.1. The molecule has 1 aromatic rings. The third kappa shape index (κ3) is 2.96. The molecule has 0 amide bonds. The SMILES string of the molecule is NCCCC[C@H](N)c1c(F)ccc(F)c1F. The number of rotatable bonds is 5. The van der Waals surface area contributed by atoms with E-state index in [-0.39, 0.29) is 5.56 Å². The van der Waals surface area contributed by atoms with Crippen molar-refractivity contribution in [2.75, 3.05) is 6.54 Å². The van der Waals surface area contributed by atoms with E-state index >= 15 is 0 Å². The van der Waals surface area contributed by atoms with Crippen LogP contribution in [0.1, 0.15) is 30.9 Å². The van der Waals surface area contributed by atoms with Gasteiger partial charge in [0.15, 0.2) is 11.6 Å². The number of halogens is 3. The zero-order valence-corrected chi connectivity index (χ0v) is 8.85. The maximum absolute atomic E-state index is 13.3. The molecule has 0 spiro atoms. The van der Waals surface area contributed by atoms with Crippen LogP contribution in [-0.2, 0) is 0 Å². The Morgan fingerprint density at radius 3 is 2.31 bits per heavy atom. The molecule has 0 aromatic heterocycles. The van der Waals surface area contributed by atoms with E-state index in [1.165, 1.54) is 0 Å². The van der Waals surface area contributed by atoms with Gasteiger partial charge in [0.05, 0.1) is 0 Å². The fraction of sp³-hybridized carbons (Fsp3) is 0.455. The van der Waals surface area contributed by atoms with Gasteiger partial charge in [-0.05, 0) is 31.5 Å². The molecule has 1 atom stereocenters. The van der Waals surface area contributed by atoms with Crippen molar-refractivity contribution >= 4 is 0 Å². The quantitative estimate of drug-likeness (QED) is 0.604. The summed E-state index contributed by atoms with van der Waals surface area (Å²) in [7, 11) is 0. The van der Waals surface area contributed by atoms with Crippen molar-refractivity contribution in [3.05, 3.63) is 35.1 Å². The van der Waals surface area contributed by atoms with Gasteiger partial charge >= 0.3 is 0 Å². The van der Waals surface area contributed by atoms with Crippen molar-refractivity contribution in [3.63, 3.8) is 0 Å². The number of benzene rings is 1. The Morgan fingerprint density at radius 2 is 1.69 bits per heavy atom. The summed E-state index contributed by atoms with van der Waals surface area (Å²) in [6.07, 6.45) is 1.77. The van der Waals surface area contributed by atoms with Crippen LogP contribution in [0.2, 0.25) is 0 Å². The number of unbranched alkanes of at least 4 members (excludes halogenated alkanes) is 1. The van der Waals surface area contributed by atoms with Crippen molar-refractivity contribution in [3.8, 4) is 0 Å². The lowest BCUT2D eigenvalue weighted by Gasteiger charge is -2.13. The first kappa shape index (κ1) is 13.0. The third-order valence-electron chi connectivity index (χ3n) is 2.42. The van der Waals surface area contributed by atoms with E-state index in [9.17, 15) is 13.2 Å². The summed E-state index contributed by atoms with van der Waals surface area (Å²) in [6.45, 7) is 0.501. The lowest BCUT2D eigenvalue weighted by Crippen LogP contribution is -2.15. The van der Waals surface area contributed by atoms with Crippen LogP contribution >= 0.6 is 0 Å². The number of nitrogens with two attached hydrogens (primary N) is 2. The van der Waals surface area contributed by atoms with Gasteiger partial charge in [-0.2, -0.15) is 0 Å². The molecular formula is C11H15F3N2. The second kappa shape index (κ2) is 5.86. The predicted octanol–water partition coefficient (Wildman–Crippen LogP) is 2.23. The van der Waals surface area contributed by atoms with Crippen LogP contribution in [-0.4, -0.2) is 6.54 Å². The van der Waals surface area contributed by atoms with Crippen LogP contribution in [0.15, 0.2) is 12.1 Å². The van der Waals surface area contributed by atoms with Crippen LogP contribution in [0.4, 0.5) is 13.2 Å². The molecule has 2 nitrogen and oxygen atoms in total. The van der Waals surface area contributed by atoms with Crippen LogP contribution < -0.4 is 11.5 Å². The van der Waals surface area contributed by atoms with Crippen molar-refractivity contribution in [1.82, 2.24) is 0 Å². The molecule has 0 aliphatic carbocycles. The summed E-state index contributed by atoms with van der Waals surface area (Å²) in [4.78, 5) is 0. The van der Waals surface area contributed by atoms with Crippen molar-refractivity contribution in [2.45, 2.75) is 25.3 Å². The molecule has 1 aromatic carbocycles. The maximum atomic E-state index is 13.3. The van der Waals surface area contributed by atoms with E-state index < -0.39 is 23.5 Å². The van der Waals surface area contributed by atoms with Crippen LogP contribution in [0.25, 0.3) is 0 Å². The summed E-state index contributed by atoms with van der Waals surface area (Å²) in [5.41, 5.74) is 10.5. The molecule has 16 heavy (non-hydrogen) atoms. The molecule has 0 aliphatic rings. The Kier molecular flexibility index (Phi) is 4.76. The molecule has 4 N–H and O–H groups in total. The minimum atomic E-state index is -1.19. The van der Waals surface area contributed by atoms with Crippen molar-refractivity contribution < 1.29 is 13.2 Å². The maximum Gasteiger partial charge on any atom is 0.166 e. The zero-order valence-electron chi connectivity index (χ0n) is 8.85. The first-order chi connectivity index (χ1) is 7.57. The molecule has 0 saturated heterocycles. The van der Waals surface area contributed by atoms with Gasteiger partial charge in [-0.25, -0.2) is 13.2 Å². The first-order valence-electron chi connectivity index (χ1n) is 5.17. The molecular weight excluding hydrogens is 217 g/mol. The van der Waals surface area contributed by atoms with Gasteiger partial charge in [0.2, 0.25) is 0 Å². The predicted molar refractivity (Wildman–Crippen MR) is 56.1 cm³/mol. The van der Waals surface area contributed by atoms with E-state index in [1.54, 1.807) is 0 Å². The lowest BCUT2D eigenvalue weighted by molar-refractivity contribution is 0.454. The Hall–Kier alpha value is -1.07. The van der Waals surface area contributed by atoms with Crippen molar-refractivity contribution in [1.29, 1.82) is 0 Å². The van der Waals surface area contributed by atoms with E-state index in [0.717, 1.165) is 18.6 Å². The van der Waals surface area contributed by atoms with E-state index in [0.29, 0.717) is 19.4 Å². The highest BCUT2D eigenvalue weighted by atomic mass is 19.2. The normalized spacial score (nSPS) is 12.8. The van der Waals surface area contributed by atoms with Crippen LogP contribution in [0, 0.1) is 17.5 Å². The molecule has 5 heteroatoms. The summed E-state index contributed by atoms with van der Waals surface area (Å²) < 4.78 is 39.5. The summed E-state index contributed by atoms with van der Waals surface area (Å²) in [5.74, 6) is -3.08. The Balaban J connectivity index is 2.81. The van der Waals surface area contributed by atoms with Crippen LogP contribution in [0.5, 0.6) is 0 Å². The molecule has 0 saturated carbocycles. The first-order valence-corrected chi connectivity index (χ1v) is 5.17. The van der Waals surface area contributed by atoms with Gasteiger partial charge in [-0.15, -0.1) is 0 Å². The third-order valence-corrected chi connectivity index (χ3v) is 2.42. The minimum absolute atomic E-state index is 0.378. The summed E-state index contributed by atoms with van der Waals surface area (Å²) >= 11 is 0. The fourth-order valence-corrected chi connectivity index (χ4v) is 1.54. The second-order valence-electron chi connectivity index (χ2n) is 3.65. The number of hydrogen-bond donors (Lipinski definition) is 2. The van der Waals surface area contributed by atoms with E-state index in [1.807, 2.05) is 0 Å². The molecule has 0 fully saturated rings. The van der Waals surface area contributed by atoms with E-state index in [4.69, 9.17) is 11.5 Å². The highest BCUT2D eigenvalue weighted by Gasteiger charge is 2.19. The minimum Gasteiger partial charge on any atom is -0.330 e. The van der Waals surface area contributed by atoms with Crippen molar-refractivity contribution in [2.24, 2.45) is 11.5 Å². The van der Waals surface area contributed by atoms with Gasteiger partial charge in [0, 0.05) is 11.6 Å². The monoisotopic (exact) mass is 232 g/mol. The molecule has 1 rings (SSSR count). The molecule has 0 bridgehead atoms. The second-order valence-corrected chi connectivity index (χ2v) is 3.65. The molecule has 90 valence electrons. The van der Waals surface area contributed by atoms with Gasteiger partial charge < -0.3 is 11.5 Å². The molecule has 0 aliphatic heterocycles. The fourth-order valence-electron chi connectivity index (χ4n) is 1.54. The Bertz CT molecular complexity index is 355. The number of hydrogen-bond acceptors (Lipinski definition) is 2. The van der Waals surface area contributed by atoms with Gasteiger partial charge in [0.1, 0.15) is 5.82 Å². The highest BCUT2D eigenvalue weighted by Crippen LogP contribution is 2.24. The van der Waals surface area contributed by atoms with Gasteiger partial charge in [-0.3, -0.25) is 0 Å².